The zero-order valence-electron chi connectivity index (χ0n) is 11.9. The van der Waals surface area contributed by atoms with Gasteiger partial charge in [0.05, 0.1) is 6.33 Å². The molecular formula is C13H23N3O3S. The summed E-state index contributed by atoms with van der Waals surface area (Å²) in [6, 6.07) is 0. The van der Waals surface area contributed by atoms with Gasteiger partial charge in [-0.25, -0.2) is 18.1 Å². The molecule has 0 amide bonds. The van der Waals surface area contributed by atoms with Crippen molar-refractivity contribution in [1.29, 1.82) is 0 Å². The standard InChI is InChI=1S/C13H23N3O3S/c1-2-16-8-12(14-11-16)20(18,19)15-9-13(10-17)6-4-3-5-7-13/h8,11,15,17H,2-7,9-10H2,1H3. The van der Waals surface area contributed by atoms with Crippen LogP contribution >= 0.6 is 0 Å². The van der Waals surface area contributed by atoms with Gasteiger partial charge in [0.1, 0.15) is 0 Å². The molecule has 2 rings (SSSR count). The Bertz CT molecular complexity index is 533. The summed E-state index contributed by atoms with van der Waals surface area (Å²) >= 11 is 0. The number of aryl methyl sites for hydroxylation is 1. The highest BCUT2D eigenvalue weighted by molar-refractivity contribution is 7.89. The van der Waals surface area contributed by atoms with Crippen LogP contribution in [0.5, 0.6) is 0 Å². The number of nitrogens with zero attached hydrogens (tertiary/aromatic N) is 2. The monoisotopic (exact) mass is 301 g/mol. The van der Waals surface area contributed by atoms with E-state index < -0.39 is 10.0 Å². The third-order valence-corrected chi connectivity index (χ3v) is 5.42. The van der Waals surface area contributed by atoms with Crippen LogP contribution in [0.25, 0.3) is 0 Å². The molecule has 1 saturated carbocycles. The van der Waals surface area contributed by atoms with Crippen molar-refractivity contribution in [3.8, 4) is 0 Å². The Morgan fingerprint density at radius 1 is 1.40 bits per heavy atom. The smallest absolute Gasteiger partial charge is 0.259 e. The number of aliphatic hydroxyl groups is 1. The molecule has 114 valence electrons. The normalized spacial score (nSPS) is 19.1. The lowest BCUT2D eigenvalue weighted by Gasteiger charge is -2.35. The summed E-state index contributed by atoms with van der Waals surface area (Å²) in [7, 11) is -3.59. The molecule has 1 aromatic heterocycles. The third kappa shape index (κ3) is 3.39. The van der Waals surface area contributed by atoms with Gasteiger partial charge in [-0.2, -0.15) is 0 Å². The predicted octanol–water partition coefficient (Wildman–Crippen LogP) is 1.12. The van der Waals surface area contributed by atoms with Gasteiger partial charge in [0.2, 0.25) is 0 Å². The second-order valence-electron chi connectivity index (χ2n) is 5.59. The molecule has 20 heavy (non-hydrogen) atoms. The van der Waals surface area contributed by atoms with Crippen molar-refractivity contribution in [2.45, 2.75) is 50.6 Å². The lowest BCUT2D eigenvalue weighted by atomic mass is 9.75. The van der Waals surface area contributed by atoms with Gasteiger partial charge in [-0.1, -0.05) is 19.3 Å². The van der Waals surface area contributed by atoms with Crippen molar-refractivity contribution in [2.24, 2.45) is 5.41 Å². The van der Waals surface area contributed by atoms with E-state index in [4.69, 9.17) is 0 Å². The maximum atomic E-state index is 12.2. The highest BCUT2D eigenvalue weighted by Gasteiger charge is 2.33. The largest absolute Gasteiger partial charge is 0.396 e. The second kappa shape index (κ2) is 6.24. The summed E-state index contributed by atoms with van der Waals surface area (Å²) in [6.07, 6.45) is 8.03. The maximum absolute atomic E-state index is 12.2. The average molecular weight is 301 g/mol. The quantitative estimate of drug-likeness (QED) is 0.825. The van der Waals surface area contributed by atoms with Crippen molar-refractivity contribution in [3.05, 3.63) is 12.5 Å². The summed E-state index contributed by atoms with van der Waals surface area (Å²) in [5.74, 6) is 0. The number of hydrogen-bond acceptors (Lipinski definition) is 4. The SMILES string of the molecule is CCn1cnc(S(=O)(=O)NCC2(CO)CCCCC2)c1. The summed E-state index contributed by atoms with van der Waals surface area (Å²) in [5, 5.41) is 9.64. The fourth-order valence-corrected chi connectivity index (χ4v) is 3.77. The molecule has 7 heteroatoms. The molecule has 1 aliphatic carbocycles. The molecule has 1 heterocycles. The number of sulfonamides is 1. The minimum atomic E-state index is -3.59. The van der Waals surface area contributed by atoms with Crippen LogP contribution in [0.15, 0.2) is 17.6 Å². The van der Waals surface area contributed by atoms with Gasteiger partial charge < -0.3 is 9.67 Å². The number of aliphatic hydroxyl groups excluding tert-OH is 1. The van der Waals surface area contributed by atoms with Gasteiger partial charge in [0, 0.05) is 31.3 Å². The number of rotatable bonds is 6. The summed E-state index contributed by atoms with van der Waals surface area (Å²) in [5.41, 5.74) is -0.307. The van der Waals surface area contributed by atoms with Crippen LogP contribution in [0, 0.1) is 5.41 Å². The minimum absolute atomic E-state index is 0.0267. The highest BCUT2D eigenvalue weighted by Crippen LogP contribution is 2.35. The van der Waals surface area contributed by atoms with Gasteiger partial charge in [0.15, 0.2) is 5.03 Å². The van der Waals surface area contributed by atoms with E-state index in [1.165, 1.54) is 12.5 Å². The zero-order chi connectivity index (χ0) is 14.6. The number of hydrogen-bond donors (Lipinski definition) is 2. The second-order valence-corrected chi connectivity index (χ2v) is 7.30. The summed E-state index contributed by atoms with van der Waals surface area (Å²) in [6.45, 7) is 2.92. The van der Waals surface area contributed by atoms with Crippen molar-refractivity contribution >= 4 is 10.0 Å². The van der Waals surface area contributed by atoms with Crippen LogP contribution in [-0.2, 0) is 16.6 Å². The molecule has 6 nitrogen and oxygen atoms in total. The Hall–Kier alpha value is -0.920. The topological polar surface area (TPSA) is 84.2 Å². The van der Waals surface area contributed by atoms with Gasteiger partial charge in [0.25, 0.3) is 10.0 Å². The van der Waals surface area contributed by atoms with E-state index in [1.54, 1.807) is 4.57 Å². The minimum Gasteiger partial charge on any atom is -0.396 e. The van der Waals surface area contributed by atoms with E-state index in [9.17, 15) is 13.5 Å². The van der Waals surface area contributed by atoms with E-state index in [1.807, 2.05) is 6.92 Å². The van der Waals surface area contributed by atoms with E-state index >= 15 is 0 Å². The summed E-state index contributed by atoms with van der Waals surface area (Å²) in [4.78, 5) is 3.92. The fourth-order valence-electron chi connectivity index (χ4n) is 2.67. The van der Waals surface area contributed by atoms with Gasteiger partial charge in [-0.15, -0.1) is 0 Å². The molecule has 0 bridgehead atoms. The fraction of sp³-hybridized carbons (Fsp3) is 0.769. The van der Waals surface area contributed by atoms with Crippen LogP contribution in [0.1, 0.15) is 39.0 Å². The first-order chi connectivity index (χ1) is 9.51. The van der Waals surface area contributed by atoms with Crippen LogP contribution in [0.2, 0.25) is 0 Å². The Kier molecular flexibility index (Phi) is 4.82. The molecule has 1 aliphatic rings. The van der Waals surface area contributed by atoms with Crippen molar-refractivity contribution in [3.63, 3.8) is 0 Å². The molecule has 1 aromatic rings. The molecule has 2 N–H and O–H groups in total. The Morgan fingerprint density at radius 3 is 2.65 bits per heavy atom. The predicted molar refractivity (Wildman–Crippen MR) is 75.7 cm³/mol. The first kappa shape index (κ1) is 15.5. The summed E-state index contributed by atoms with van der Waals surface area (Å²) < 4.78 is 28.7. The van der Waals surface area contributed by atoms with Gasteiger partial charge in [-0.3, -0.25) is 0 Å². The highest BCUT2D eigenvalue weighted by atomic mass is 32.2. The van der Waals surface area contributed by atoms with E-state index in [0.717, 1.165) is 32.1 Å². The molecular weight excluding hydrogens is 278 g/mol. The number of aromatic nitrogens is 2. The molecule has 0 aromatic carbocycles. The van der Waals surface area contributed by atoms with Crippen molar-refractivity contribution < 1.29 is 13.5 Å². The van der Waals surface area contributed by atoms with Crippen molar-refractivity contribution in [2.75, 3.05) is 13.2 Å². The van der Waals surface area contributed by atoms with Crippen LogP contribution in [0.3, 0.4) is 0 Å². The van der Waals surface area contributed by atoms with Crippen LogP contribution in [0.4, 0.5) is 0 Å². The number of imidazole rings is 1. The zero-order valence-corrected chi connectivity index (χ0v) is 12.7. The molecule has 0 atom stereocenters. The molecule has 0 aliphatic heterocycles. The van der Waals surface area contributed by atoms with E-state index in [0.29, 0.717) is 6.54 Å². The molecule has 0 saturated heterocycles. The Balaban J connectivity index is 2.04. The number of nitrogens with one attached hydrogen (secondary N) is 1. The lowest BCUT2D eigenvalue weighted by molar-refractivity contribution is 0.0867. The Morgan fingerprint density at radius 2 is 2.10 bits per heavy atom. The molecule has 1 fully saturated rings. The lowest BCUT2D eigenvalue weighted by Crippen LogP contribution is -2.41. The molecule has 0 unspecified atom stereocenters. The van der Waals surface area contributed by atoms with Gasteiger partial charge in [-0.05, 0) is 19.8 Å². The van der Waals surface area contributed by atoms with Crippen LogP contribution in [-0.4, -0.2) is 36.2 Å². The Labute approximate surface area is 120 Å². The third-order valence-electron chi connectivity index (χ3n) is 4.14. The molecule has 0 spiro atoms. The van der Waals surface area contributed by atoms with E-state index in [2.05, 4.69) is 9.71 Å². The van der Waals surface area contributed by atoms with Crippen molar-refractivity contribution in [1.82, 2.24) is 14.3 Å². The first-order valence-corrected chi connectivity index (χ1v) is 8.62. The maximum Gasteiger partial charge on any atom is 0.259 e. The van der Waals surface area contributed by atoms with E-state index in [-0.39, 0.29) is 23.6 Å². The average Bonchev–Trinajstić information content (AvgIpc) is 2.96. The van der Waals surface area contributed by atoms with Crippen LogP contribution < -0.4 is 4.72 Å². The van der Waals surface area contributed by atoms with Gasteiger partial charge >= 0.3 is 0 Å². The molecule has 0 radical (unpaired) electrons. The first-order valence-electron chi connectivity index (χ1n) is 7.14.